The number of benzene rings is 10. The summed E-state index contributed by atoms with van der Waals surface area (Å²) >= 11 is 0. The van der Waals surface area contributed by atoms with Crippen molar-refractivity contribution in [2.24, 2.45) is 0 Å². The van der Waals surface area contributed by atoms with Gasteiger partial charge in [0, 0.05) is 43.7 Å². The largest absolute Gasteiger partial charge is 0.456 e. The Morgan fingerprint density at radius 3 is 1.88 bits per heavy atom. The van der Waals surface area contributed by atoms with Crippen LogP contribution < -0.4 is 0 Å². The molecule has 0 bridgehead atoms. The number of para-hydroxylation sites is 2. The summed E-state index contributed by atoms with van der Waals surface area (Å²) in [5, 5.41) is 9.15. The van der Waals surface area contributed by atoms with E-state index in [0.717, 1.165) is 66.0 Å². The molecule has 0 N–H and O–H groups in total. The van der Waals surface area contributed by atoms with Gasteiger partial charge in [-0.15, -0.1) is 0 Å². The Balaban J connectivity index is 1.03. The number of rotatable bonds is 5. The van der Waals surface area contributed by atoms with E-state index in [9.17, 15) is 0 Å². The summed E-state index contributed by atoms with van der Waals surface area (Å²) < 4.78 is 8.66. The van der Waals surface area contributed by atoms with Gasteiger partial charge in [-0.05, 0) is 90.8 Å². The number of furan rings is 1. The van der Waals surface area contributed by atoms with Gasteiger partial charge in [0.1, 0.15) is 11.2 Å². The Hall–Kier alpha value is -8.67. The van der Waals surface area contributed by atoms with Gasteiger partial charge < -0.3 is 4.42 Å². The fourth-order valence-electron chi connectivity index (χ4n) is 11.1. The van der Waals surface area contributed by atoms with Crippen molar-refractivity contribution in [3.05, 3.63) is 217 Å². The molecule has 0 saturated heterocycles. The van der Waals surface area contributed by atoms with Crippen LogP contribution in [0, 0.1) is 0 Å². The average Bonchev–Trinajstić information content (AvgIpc) is 4.01. The number of fused-ring (bicyclic) bond motifs is 12. The van der Waals surface area contributed by atoms with Gasteiger partial charge in [0.25, 0.3) is 0 Å². The Morgan fingerprint density at radius 1 is 0.388 bits per heavy atom. The summed E-state index contributed by atoms with van der Waals surface area (Å²) in [7, 11) is 0. The fourth-order valence-corrected chi connectivity index (χ4v) is 11.1. The Bertz CT molecular complexity index is 4200. The number of hydrogen-bond donors (Lipinski definition) is 0. The number of hydrogen-bond acceptors (Lipinski definition) is 4. The monoisotopic (exact) mass is 856 g/mol. The second-order valence-corrected chi connectivity index (χ2v) is 18.3. The van der Waals surface area contributed by atoms with Gasteiger partial charge in [0.05, 0.1) is 11.0 Å². The van der Waals surface area contributed by atoms with Crippen molar-refractivity contribution >= 4 is 65.3 Å². The van der Waals surface area contributed by atoms with E-state index in [1.807, 2.05) is 36.4 Å². The van der Waals surface area contributed by atoms with E-state index in [2.05, 4.69) is 188 Å². The van der Waals surface area contributed by atoms with Gasteiger partial charge in [-0.1, -0.05) is 190 Å². The second-order valence-electron chi connectivity index (χ2n) is 18.3. The van der Waals surface area contributed by atoms with Crippen molar-refractivity contribution in [3.63, 3.8) is 0 Å². The number of nitrogens with zero attached hydrogens (tertiary/aromatic N) is 4. The van der Waals surface area contributed by atoms with Crippen LogP contribution in [0.1, 0.15) is 25.0 Å². The molecule has 0 fully saturated rings. The molecule has 3 aromatic heterocycles. The van der Waals surface area contributed by atoms with E-state index < -0.39 is 0 Å². The maximum absolute atomic E-state index is 6.39. The number of aromatic nitrogens is 4. The van der Waals surface area contributed by atoms with Gasteiger partial charge in [-0.3, -0.25) is 4.57 Å². The minimum atomic E-state index is -0.0534. The van der Waals surface area contributed by atoms with Crippen molar-refractivity contribution in [1.82, 2.24) is 19.5 Å². The maximum atomic E-state index is 6.39. The highest BCUT2D eigenvalue weighted by atomic mass is 16.3. The molecule has 5 heteroatoms. The lowest BCUT2D eigenvalue weighted by atomic mass is 9.82. The molecule has 0 spiro atoms. The molecule has 0 saturated carbocycles. The van der Waals surface area contributed by atoms with Gasteiger partial charge >= 0.3 is 0 Å². The molecule has 0 amide bonds. The fraction of sp³-hybridized carbons (Fsp3) is 0.0484. The lowest BCUT2D eigenvalue weighted by Gasteiger charge is -2.21. The molecule has 14 rings (SSSR count). The molecule has 1 aliphatic rings. The third kappa shape index (κ3) is 5.58. The first kappa shape index (κ1) is 37.7. The summed E-state index contributed by atoms with van der Waals surface area (Å²) in [5.41, 5.74) is 15.4. The molecule has 13 aromatic rings. The van der Waals surface area contributed by atoms with E-state index in [-0.39, 0.29) is 5.41 Å². The van der Waals surface area contributed by atoms with Crippen LogP contribution in [0.4, 0.5) is 0 Å². The first-order valence-electron chi connectivity index (χ1n) is 22.9. The standard InChI is InChI=1S/C62H40N4O/c1-62(2)52-27-10-8-19-46(52)51-35-39(30-33-53(51)62)41-21-12-23-44-43(41)22-13-24-45(44)49-25-14-26-50-57-42-18-7-6-15-37(42)31-34-54(57)66(58(49)50)61-64-59(38-16-4-3-5-17-38)63-60(65-61)40-29-32-48-47-20-9-11-28-55(47)67-56(48)36-40/h3-36H,1-2H3. The summed E-state index contributed by atoms with van der Waals surface area (Å²) in [5.74, 6) is 1.70. The molecule has 0 aliphatic heterocycles. The van der Waals surface area contributed by atoms with Gasteiger partial charge in [-0.25, -0.2) is 4.98 Å². The Morgan fingerprint density at radius 2 is 1.01 bits per heavy atom. The third-order valence-electron chi connectivity index (χ3n) is 14.3. The minimum absolute atomic E-state index is 0.0534. The van der Waals surface area contributed by atoms with Crippen molar-refractivity contribution in [2.75, 3.05) is 0 Å². The zero-order valence-electron chi connectivity index (χ0n) is 36.8. The molecule has 5 nitrogen and oxygen atoms in total. The molecule has 10 aromatic carbocycles. The van der Waals surface area contributed by atoms with E-state index >= 15 is 0 Å². The lowest BCUT2D eigenvalue weighted by molar-refractivity contribution is 0.660. The van der Waals surface area contributed by atoms with Crippen LogP contribution in [0.25, 0.3) is 127 Å². The van der Waals surface area contributed by atoms with Crippen LogP contribution in [-0.2, 0) is 5.41 Å². The summed E-state index contributed by atoms with van der Waals surface area (Å²) in [6, 6.07) is 73.8. The van der Waals surface area contributed by atoms with Crippen LogP contribution in [0.5, 0.6) is 0 Å². The molecule has 67 heavy (non-hydrogen) atoms. The van der Waals surface area contributed by atoms with Crippen LogP contribution in [0.3, 0.4) is 0 Å². The van der Waals surface area contributed by atoms with Crippen LogP contribution >= 0.6 is 0 Å². The average molecular weight is 857 g/mol. The van der Waals surface area contributed by atoms with Gasteiger partial charge in [0.15, 0.2) is 11.6 Å². The predicted octanol–water partition coefficient (Wildman–Crippen LogP) is 16.1. The molecule has 1 aliphatic carbocycles. The molecular weight excluding hydrogens is 817 g/mol. The third-order valence-corrected chi connectivity index (χ3v) is 14.3. The summed E-state index contributed by atoms with van der Waals surface area (Å²) in [6.07, 6.45) is 0. The highest BCUT2D eigenvalue weighted by molar-refractivity contribution is 6.24. The molecular formula is C62H40N4O. The summed E-state index contributed by atoms with van der Waals surface area (Å²) in [4.78, 5) is 16.0. The van der Waals surface area contributed by atoms with Crippen molar-refractivity contribution < 1.29 is 4.42 Å². The molecule has 0 atom stereocenters. The smallest absolute Gasteiger partial charge is 0.238 e. The highest BCUT2D eigenvalue weighted by Crippen LogP contribution is 2.50. The first-order valence-corrected chi connectivity index (χ1v) is 22.9. The topological polar surface area (TPSA) is 56.7 Å². The van der Waals surface area contributed by atoms with E-state index in [4.69, 9.17) is 19.4 Å². The lowest BCUT2D eigenvalue weighted by Crippen LogP contribution is -2.14. The van der Waals surface area contributed by atoms with Crippen LogP contribution in [0.15, 0.2) is 211 Å². The highest BCUT2D eigenvalue weighted by Gasteiger charge is 2.35. The van der Waals surface area contributed by atoms with Crippen molar-refractivity contribution in [2.45, 2.75) is 19.3 Å². The molecule has 0 radical (unpaired) electrons. The van der Waals surface area contributed by atoms with Gasteiger partial charge in [-0.2, -0.15) is 9.97 Å². The SMILES string of the molecule is CC1(C)c2ccccc2-c2cc(-c3cccc4c(-c5cccc6c7c8ccccc8ccc7n(-c7nc(-c8ccccc8)nc(-c8ccc9c(c8)oc8ccccc89)n7)c56)cccc34)ccc21. The minimum Gasteiger partial charge on any atom is -0.456 e. The normalized spacial score (nSPS) is 13.0. The molecule has 0 unspecified atom stereocenters. The molecule has 3 heterocycles. The molecule has 314 valence electrons. The van der Waals surface area contributed by atoms with Crippen molar-refractivity contribution in [3.8, 4) is 62.1 Å². The first-order chi connectivity index (χ1) is 33.0. The second kappa shape index (κ2) is 14.2. The van der Waals surface area contributed by atoms with E-state index in [0.29, 0.717) is 17.6 Å². The Labute approximate surface area is 386 Å². The summed E-state index contributed by atoms with van der Waals surface area (Å²) in [6.45, 7) is 4.68. The van der Waals surface area contributed by atoms with E-state index in [1.54, 1.807) is 0 Å². The quantitative estimate of drug-likeness (QED) is 0.173. The van der Waals surface area contributed by atoms with Crippen LogP contribution in [0.2, 0.25) is 0 Å². The van der Waals surface area contributed by atoms with Gasteiger partial charge in [0.2, 0.25) is 5.95 Å². The maximum Gasteiger partial charge on any atom is 0.238 e. The predicted molar refractivity (Wildman–Crippen MR) is 276 cm³/mol. The van der Waals surface area contributed by atoms with Crippen LogP contribution in [-0.4, -0.2) is 19.5 Å². The van der Waals surface area contributed by atoms with Crippen molar-refractivity contribution in [1.29, 1.82) is 0 Å². The Kier molecular flexibility index (Phi) is 7.97. The van der Waals surface area contributed by atoms with E-state index in [1.165, 1.54) is 54.9 Å². The zero-order valence-corrected chi connectivity index (χ0v) is 36.8. The zero-order chi connectivity index (χ0) is 44.4.